The van der Waals surface area contributed by atoms with Crippen molar-refractivity contribution in [3.8, 4) is 0 Å². The van der Waals surface area contributed by atoms with E-state index in [0.29, 0.717) is 6.04 Å². The fourth-order valence-corrected chi connectivity index (χ4v) is 2.02. The fourth-order valence-electron chi connectivity index (χ4n) is 2.02. The van der Waals surface area contributed by atoms with Crippen LogP contribution in [0.5, 0.6) is 0 Å². The number of nitrogens with two attached hydrogens (primary N) is 1. The predicted octanol–water partition coefficient (Wildman–Crippen LogP) is 2.80. The summed E-state index contributed by atoms with van der Waals surface area (Å²) in [6.45, 7) is 1.96. The molecule has 2 N–H and O–H groups in total. The van der Waals surface area contributed by atoms with Crippen LogP contribution in [0.4, 0.5) is 4.39 Å². The minimum Gasteiger partial charge on any atom is -0.327 e. The van der Waals surface area contributed by atoms with Gasteiger partial charge in [0.25, 0.3) is 0 Å². The lowest BCUT2D eigenvalue weighted by Gasteiger charge is -2.11. The summed E-state index contributed by atoms with van der Waals surface area (Å²) in [6.07, 6.45) is 4.59. The van der Waals surface area contributed by atoms with Crippen LogP contribution in [0.2, 0.25) is 0 Å². The molecule has 1 aromatic carbocycles. The normalized spacial score (nSPS) is 17.8. The van der Waals surface area contributed by atoms with Gasteiger partial charge in [-0.05, 0) is 61.8 Å². The summed E-state index contributed by atoms with van der Waals surface area (Å²) in [5, 5.41) is 0. The average Bonchev–Trinajstić information content (AvgIpc) is 2.99. The maximum atomic E-state index is 12.9. The van der Waals surface area contributed by atoms with E-state index < -0.39 is 0 Å². The van der Waals surface area contributed by atoms with Crippen molar-refractivity contribution in [2.75, 3.05) is 0 Å². The third-order valence-electron chi connectivity index (χ3n) is 3.28. The van der Waals surface area contributed by atoms with E-state index in [2.05, 4.69) is 0 Å². The van der Waals surface area contributed by atoms with Crippen molar-refractivity contribution in [3.05, 3.63) is 35.1 Å². The van der Waals surface area contributed by atoms with Crippen molar-refractivity contribution in [1.82, 2.24) is 0 Å². The molecule has 2 rings (SSSR count). The maximum absolute atomic E-state index is 12.9. The van der Waals surface area contributed by atoms with Crippen molar-refractivity contribution in [3.63, 3.8) is 0 Å². The van der Waals surface area contributed by atoms with Crippen LogP contribution in [0.25, 0.3) is 0 Å². The molecule has 1 nitrogen and oxygen atoms in total. The highest BCUT2D eigenvalue weighted by molar-refractivity contribution is 5.26. The molecule has 0 spiro atoms. The van der Waals surface area contributed by atoms with E-state index in [1.807, 2.05) is 13.0 Å². The first-order valence-corrected chi connectivity index (χ1v) is 5.67. The Balaban J connectivity index is 1.92. The van der Waals surface area contributed by atoms with Crippen LogP contribution in [-0.2, 0) is 6.42 Å². The van der Waals surface area contributed by atoms with Crippen LogP contribution in [0.1, 0.15) is 30.4 Å². The van der Waals surface area contributed by atoms with Gasteiger partial charge in [0.15, 0.2) is 0 Å². The van der Waals surface area contributed by atoms with Gasteiger partial charge in [-0.3, -0.25) is 0 Å². The SMILES string of the molecule is Cc1cc(F)ccc1CCC(N)C1CC1. The molecule has 0 bridgehead atoms. The largest absolute Gasteiger partial charge is 0.327 e. The van der Waals surface area contributed by atoms with Crippen molar-refractivity contribution in [2.45, 2.75) is 38.6 Å². The monoisotopic (exact) mass is 207 g/mol. The van der Waals surface area contributed by atoms with Gasteiger partial charge in [0.2, 0.25) is 0 Å². The first kappa shape index (κ1) is 10.6. The van der Waals surface area contributed by atoms with E-state index in [9.17, 15) is 4.39 Å². The van der Waals surface area contributed by atoms with Crippen LogP contribution < -0.4 is 5.73 Å². The minimum absolute atomic E-state index is 0.150. The molecule has 1 atom stereocenters. The first-order valence-electron chi connectivity index (χ1n) is 5.67. The molecule has 1 saturated carbocycles. The molecule has 2 heteroatoms. The van der Waals surface area contributed by atoms with Gasteiger partial charge >= 0.3 is 0 Å². The highest BCUT2D eigenvalue weighted by Gasteiger charge is 2.27. The molecule has 1 unspecified atom stereocenters. The Bertz CT molecular complexity index is 344. The molecule has 0 heterocycles. The summed E-state index contributed by atoms with van der Waals surface area (Å²) in [5.74, 6) is 0.605. The average molecular weight is 207 g/mol. The van der Waals surface area contributed by atoms with Gasteiger partial charge in [-0.25, -0.2) is 4.39 Å². The minimum atomic E-state index is -0.150. The highest BCUT2D eigenvalue weighted by atomic mass is 19.1. The summed E-state index contributed by atoms with van der Waals surface area (Å²) >= 11 is 0. The second kappa shape index (κ2) is 4.31. The summed E-state index contributed by atoms with van der Waals surface area (Å²) < 4.78 is 12.9. The summed E-state index contributed by atoms with van der Waals surface area (Å²) in [7, 11) is 0. The lowest BCUT2D eigenvalue weighted by Crippen LogP contribution is -2.23. The van der Waals surface area contributed by atoms with Crippen LogP contribution in [0, 0.1) is 18.7 Å². The van der Waals surface area contributed by atoms with Crippen LogP contribution >= 0.6 is 0 Å². The Morgan fingerprint density at radius 1 is 1.47 bits per heavy atom. The standard InChI is InChI=1S/C13H18FN/c1-9-8-12(14)6-4-10(9)5-7-13(15)11-2-3-11/h4,6,8,11,13H,2-3,5,7,15H2,1H3. The van der Waals surface area contributed by atoms with Crippen molar-refractivity contribution in [1.29, 1.82) is 0 Å². The Hall–Kier alpha value is -0.890. The van der Waals surface area contributed by atoms with Gasteiger partial charge < -0.3 is 5.73 Å². The molecule has 0 saturated heterocycles. The third-order valence-corrected chi connectivity index (χ3v) is 3.28. The van der Waals surface area contributed by atoms with E-state index in [1.165, 1.54) is 24.5 Å². The number of benzene rings is 1. The lowest BCUT2D eigenvalue weighted by atomic mass is 9.99. The lowest BCUT2D eigenvalue weighted by molar-refractivity contribution is 0.549. The number of aryl methyl sites for hydroxylation is 2. The summed E-state index contributed by atoms with van der Waals surface area (Å²) in [4.78, 5) is 0. The Kier molecular flexibility index (Phi) is 3.06. The molecule has 0 aliphatic heterocycles. The zero-order valence-electron chi connectivity index (χ0n) is 9.17. The van der Waals surface area contributed by atoms with Crippen molar-refractivity contribution < 1.29 is 4.39 Å². The molecular formula is C13H18FN. The highest BCUT2D eigenvalue weighted by Crippen LogP contribution is 2.33. The zero-order valence-corrected chi connectivity index (χ0v) is 9.17. The summed E-state index contributed by atoms with van der Waals surface area (Å²) in [6, 6.07) is 5.35. The first-order chi connectivity index (χ1) is 7.16. The molecule has 1 aliphatic rings. The van der Waals surface area contributed by atoms with Crippen molar-refractivity contribution in [2.24, 2.45) is 11.7 Å². The maximum Gasteiger partial charge on any atom is 0.123 e. The van der Waals surface area contributed by atoms with E-state index in [0.717, 1.165) is 24.3 Å². The van der Waals surface area contributed by atoms with E-state index in [-0.39, 0.29) is 5.82 Å². The molecule has 1 fully saturated rings. The summed E-state index contributed by atoms with van der Waals surface area (Å²) in [5.41, 5.74) is 8.30. The van der Waals surface area contributed by atoms with Gasteiger partial charge in [0, 0.05) is 6.04 Å². The number of hydrogen-bond donors (Lipinski definition) is 1. The quantitative estimate of drug-likeness (QED) is 0.807. The second-order valence-corrected chi connectivity index (χ2v) is 4.61. The second-order valence-electron chi connectivity index (χ2n) is 4.61. The van der Waals surface area contributed by atoms with Crippen LogP contribution in [0.3, 0.4) is 0 Å². The topological polar surface area (TPSA) is 26.0 Å². The number of hydrogen-bond acceptors (Lipinski definition) is 1. The molecule has 1 aromatic rings. The molecule has 82 valence electrons. The van der Waals surface area contributed by atoms with Gasteiger partial charge in [0.05, 0.1) is 0 Å². The molecular weight excluding hydrogens is 189 g/mol. The Labute approximate surface area is 90.5 Å². The number of halogens is 1. The van der Waals surface area contributed by atoms with E-state index >= 15 is 0 Å². The van der Waals surface area contributed by atoms with Crippen LogP contribution in [-0.4, -0.2) is 6.04 Å². The van der Waals surface area contributed by atoms with E-state index in [4.69, 9.17) is 5.73 Å². The zero-order chi connectivity index (χ0) is 10.8. The van der Waals surface area contributed by atoms with Crippen LogP contribution in [0.15, 0.2) is 18.2 Å². The molecule has 0 radical (unpaired) electrons. The Morgan fingerprint density at radius 3 is 2.80 bits per heavy atom. The van der Waals surface area contributed by atoms with Gasteiger partial charge in [0.1, 0.15) is 5.82 Å². The Morgan fingerprint density at radius 2 is 2.20 bits per heavy atom. The molecule has 15 heavy (non-hydrogen) atoms. The smallest absolute Gasteiger partial charge is 0.123 e. The van der Waals surface area contributed by atoms with Gasteiger partial charge in [-0.15, -0.1) is 0 Å². The van der Waals surface area contributed by atoms with Gasteiger partial charge in [-0.2, -0.15) is 0 Å². The van der Waals surface area contributed by atoms with E-state index in [1.54, 1.807) is 6.07 Å². The fraction of sp³-hybridized carbons (Fsp3) is 0.538. The predicted molar refractivity (Wildman–Crippen MR) is 60.2 cm³/mol. The molecule has 0 amide bonds. The van der Waals surface area contributed by atoms with Crippen molar-refractivity contribution >= 4 is 0 Å². The third kappa shape index (κ3) is 2.78. The molecule has 1 aliphatic carbocycles. The number of rotatable bonds is 4. The van der Waals surface area contributed by atoms with Gasteiger partial charge in [-0.1, -0.05) is 6.07 Å². The molecule has 0 aromatic heterocycles.